The number of thioether (sulfide) groups is 1. The molecule has 1 aromatic carbocycles. The van der Waals surface area contributed by atoms with Crippen molar-refractivity contribution >= 4 is 29.5 Å². The Bertz CT molecular complexity index is 1800. The van der Waals surface area contributed by atoms with E-state index in [1.54, 1.807) is 41.9 Å². The normalized spacial score (nSPS) is 42.5. The maximum absolute atomic E-state index is 15.1. The van der Waals surface area contributed by atoms with E-state index in [9.17, 15) is 19.8 Å². The summed E-state index contributed by atoms with van der Waals surface area (Å²) in [4.78, 5) is 46.4. The highest BCUT2D eigenvalue weighted by Crippen LogP contribution is 2.50. The molecule has 4 aliphatic rings. The number of rotatable bonds is 14. The molecule has 382 valence electrons. The minimum absolute atomic E-state index is 0.112. The van der Waals surface area contributed by atoms with Crippen molar-refractivity contribution in [1.29, 1.82) is 0 Å². The average molecular weight is 966 g/mol. The van der Waals surface area contributed by atoms with Crippen molar-refractivity contribution in [3.63, 3.8) is 0 Å². The van der Waals surface area contributed by atoms with Crippen LogP contribution in [0, 0.1) is 35.5 Å². The van der Waals surface area contributed by atoms with E-state index in [2.05, 4.69) is 18.7 Å². The molecule has 4 heterocycles. The Morgan fingerprint density at radius 2 is 1.51 bits per heavy atom. The molecule has 15 nitrogen and oxygen atoms in total. The van der Waals surface area contributed by atoms with Crippen molar-refractivity contribution in [2.75, 3.05) is 34.9 Å². The fourth-order valence-corrected chi connectivity index (χ4v) is 12.9. The number of methoxy groups -OCH3 is 3. The molecule has 2 N–H and O–H groups in total. The van der Waals surface area contributed by atoms with Gasteiger partial charge in [0.1, 0.15) is 35.1 Å². The third kappa shape index (κ3) is 12.0. The molecule has 0 amide bonds. The highest BCUT2D eigenvalue weighted by molar-refractivity contribution is 7.99. The van der Waals surface area contributed by atoms with Crippen LogP contribution in [-0.2, 0) is 58.0 Å². The second-order valence-corrected chi connectivity index (χ2v) is 22.2. The number of esters is 2. The predicted molar refractivity (Wildman–Crippen MR) is 254 cm³/mol. The first-order chi connectivity index (χ1) is 31.4. The van der Waals surface area contributed by atoms with Crippen LogP contribution < -0.4 is 4.74 Å². The molecule has 19 atom stereocenters. The average Bonchev–Trinajstić information content (AvgIpc) is 3.55. The summed E-state index contributed by atoms with van der Waals surface area (Å²) in [7, 11) is 6.69. The van der Waals surface area contributed by atoms with Gasteiger partial charge in [0.15, 0.2) is 18.2 Å². The summed E-state index contributed by atoms with van der Waals surface area (Å²) < 4.78 is 57.4. The summed E-state index contributed by atoms with van der Waals surface area (Å²) in [6.45, 7) is 23.4. The number of aliphatic hydroxyl groups is 2. The highest BCUT2D eigenvalue weighted by atomic mass is 32.2. The number of ether oxygens (including phenoxy) is 9. The lowest BCUT2D eigenvalue weighted by molar-refractivity contribution is -0.319. The second kappa shape index (κ2) is 22.8. The van der Waals surface area contributed by atoms with E-state index in [1.165, 1.54) is 18.9 Å². The molecular formula is C51H83NO14S. The first-order valence-electron chi connectivity index (χ1n) is 24.4. The van der Waals surface area contributed by atoms with Crippen LogP contribution in [0.1, 0.15) is 114 Å². The van der Waals surface area contributed by atoms with Crippen molar-refractivity contribution < 1.29 is 67.2 Å². The molecule has 16 heteroatoms. The quantitative estimate of drug-likeness (QED) is 0.191. The second-order valence-electron chi connectivity index (χ2n) is 21.0. The lowest BCUT2D eigenvalue weighted by atomic mass is 9.70. The molecule has 1 aromatic rings. The van der Waals surface area contributed by atoms with Crippen LogP contribution >= 0.6 is 11.8 Å². The van der Waals surface area contributed by atoms with Gasteiger partial charge in [0.25, 0.3) is 0 Å². The predicted octanol–water partition coefficient (Wildman–Crippen LogP) is 6.60. The lowest BCUT2D eigenvalue weighted by Crippen LogP contribution is -2.61. The molecule has 0 radical (unpaired) electrons. The van der Waals surface area contributed by atoms with E-state index < -0.39 is 113 Å². The summed E-state index contributed by atoms with van der Waals surface area (Å²) in [5.74, 6) is -3.45. The van der Waals surface area contributed by atoms with Gasteiger partial charge < -0.3 is 57.7 Å². The Kier molecular flexibility index (Phi) is 18.9. The number of ketones is 1. The minimum atomic E-state index is -1.38. The number of benzene rings is 1. The fraction of sp³-hybridized carbons (Fsp3) is 0.824. The third-order valence-corrected chi connectivity index (χ3v) is 16.8. The van der Waals surface area contributed by atoms with E-state index in [0.29, 0.717) is 23.8 Å². The van der Waals surface area contributed by atoms with Gasteiger partial charge >= 0.3 is 11.9 Å². The van der Waals surface area contributed by atoms with Crippen LogP contribution in [0.4, 0.5) is 0 Å². The first-order valence-corrected chi connectivity index (χ1v) is 25.4. The van der Waals surface area contributed by atoms with Gasteiger partial charge in [-0.15, -0.1) is 11.8 Å². The Morgan fingerprint density at radius 1 is 0.866 bits per heavy atom. The van der Waals surface area contributed by atoms with Gasteiger partial charge in [0.2, 0.25) is 0 Å². The number of fused-ring (bicyclic) bond motifs is 1. The van der Waals surface area contributed by atoms with Gasteiger partial charge in [-0.05, 0) is 91.5 Å². The number of hydrogen-bond donors (Lipinski definition) is 2. The molecule has 4 fully saturated rings. The van der Waals surface area contributed by atoms with Crippen molar-refractivity contribution in [1.82, 2.24) is 4.90 Å². The van der Waals surface area contributed by atoms with Crippen LogP contribution in [0.25, 0.3) is 0 Å². The number of hydrogen-bond acceptors (Lipinski definition) is 16. The summed E-state index contributed by atoms with van der Waals surface area (Å²) in [6, 6.07) is 7.32. The van der Waals surface area contributed by atoms with Gasteiger partial charge in [-0.3, -0.25) is 14.4 Å². The van der Waals surface area contributed by atoms with Crippen molar-refractivity contribution in [2.45, 2.75) is 198 Å². The molecule has 0 saturated carbocycles. The van der Waals surface area contributed by atoms with Gasteiger partial charge in [-0.2, -0.15) is 0 Å². The number of likely N-dealkylation sites (N-methyl/N-ethyl adjacent to an activating group) is 1. The zero-order chi connectivity index (χ0) is 49.9. The molecule has 67 heavy (non-hydrogen) atoms. The molecule has 0 aliphatic carbocycles. The number of aliphatic hydroxyl groups excluding tert-OH is 2. The van der Waals surface area contributed by atoms with Gasteiger partial charge in [0.05, 0.1) is 48.6 Å². The van der Waals surface area contributed by atoms with Crippen molar-refractivity contribution in [3.05, 3.63) is 29.8 Å². The molecular weight excluding hydrogens is 883 g/mol. The van der Waals surface area contributed by atoms with E-state index >= 15 is 4.79 Å². The lowest BCUT2D eigenvalue weighted by Gasteiger charge is -2.50. The number of carbonyl (C=O) groups excluding carboxylic acids is 3. The highest BCUT2D eigenvalue weighted by Gasteiger charge is 2.62. The topological polar surface area (TPSA) is 178 Å². The Labute approximate surface area is 404 Å². The SMILES string of the molecule is CC[C@H]1OC(=O)[C@H](C)[C@@H](O[C@H]2C[C@@](C)(OC)[C@@H](O)[C@H](C)O2)[C@H](C)[C@@H](O[C@@H]2O[C@H](C)C[C@H](N(C)CC(C)C)[C@H]2O)[C@](C)(OC)C[C@@H](C)C(=O)[C@H](C)[C@H]2C(SCc3ccc(OC)cc3)C(=O)O[C@@]21C. The standard InChI is InChI=1S/C51H83NO14S/c1-17-37-51(12)39(43(47(57)66-51)67-26-34-18-20-35(58-14)21-19-34)30(6)40(53)28(4)23-50(11,60-16)45(65-48-41(54)36(22-29(5)61-48)52(13)25-27(2)3)31(7)42(32(8)46(56)63-37)64-38-24-49(10,59-15)44(55)33(9)62-38/h18-21,27-33,36-39,41-45,48,54-55H,17,22-26H2,1-16H3/t28-,29-,30-,31+,32-,33+,36+,37-,38+,39+,41-,42+,43?,44+,45-,48+,49-,50-,51-/m1/s1. The smallest absolute Gasteiger partial charge is 0.320 e. The van der Waals surface area contributed by atoms with Gasteiger partial charge in [0, 0.05) is 62.7 Å². The van der Waals surface area contributed by atoms with Crippen molar-refractivity contribution in [3.8, 4) is 5.75 Å². The summed E-state index contributed by atoms with van der Waals surface area (Å²) in [5.41, 5.74) is -2.72. The molecule has 1 unspecified atom stereocenters. The number of nitrogens with zero attached hydrogens (tertiary/aromatic N) is 1. The minimum Gasteiger partial charge on any atom is -0.497 e. The number of carbonyl (C=O) groups is 3. The number of Topliss-reactive ketones (excluding diaryl/α,β-unsaturated/α-hetero) is 1. The van der Waals surface area contributed by atoms with E-state index in [1.807, 2.05) is 72.9 Å². The third-order valence-electron chi connectivity index (χ3n) is 15.4. The molecule has 0 spiro atoms. The van der Waals surface area contributed by atoms with Crippen molar-refractivity contribution in [2.24, 2.45) is 35.5 Å². The first kappa shape index (κ1) is 55.5. The van der Waals surface area contributed by atoms with Crippen LogP contribution in [0.3, 0.4) is 0 Å². The summed E-state index contributed by atoms with van der Waals surface area (Å²) in [6.07, 6.45) is -6.82. The van der Waals surface area contributed by atoms with Crippen LogP contribution in [0.5, 0.6) is 5.75 Å². The molecule has 4 saturated heterocycles. The zero-order valence-electron chi connectivity index (χ0n) is 43.0. The monoisotopic (exact) mass is 966 g/mol. The molecule has 5 rings (SSSR count). The fourth-order valence-electron chi connectivity index (χ4n) is 11.4. The molecule has 0 bridgehead atoms. The Hall–Kier alpha value is -2.38. The maximum atomic E-state index is 15.1. The van der Waals surface area contributed by atoms with Gasteiger partial charge in [-0.25, -0.2) is 0 Å². The summed E-state index contributed by atoms with van der Waals surface area (Å²) >= 11 is 1.40. The Morgan fingerprint density at radius 3 is 2.09 bits per heavy atom. The molecule has 0 aromatic heterocycles. The Balaban J connectivity index is 1.62. The molecule has 4 aliphatic heterocycles. The number of cyclic esters (lactones) is 1. The van der Waals surface area contributed by atoms with Crippen LogP contribution in [0.15, 0.2) is 24.3 Å². The van der Waals surface area contributed by atoms with Crippen LogP contribution in [0.2, 0.25) is 0 Å². The van der Waals surface area contributed by atoms with Crippen LogP contribution in [-0.4, -0.2) is 151 Å². The summed E-state index contributed by atoms with van der Waals surface area (Å²) in [5, 5.41) is 22.5. The zero-order valence-corrected chi connectivity index (χ0v) is 43.8. The largest absolute Gasteiger partial charge is 0.497 e. The van der Waals surface area contributed by atoms with Gasteiger partial charge in [-0.1, -0.05) is 53.7 Å². The van der Waals surface area contributed by atoms with E-state index in [-0.39, 0.29) is 37.2 Å². The van der Waals surface area contributed by atoms with E-state index in [0.717, 1.165) is 12.1 Å². The van der Waals surface area contributed by atoms with E-state index in [4.69, 9.17) is 42.6 Å². The maximum Gasteiger partial charge on any atom is 0.320 e.